The lowest BCUT2D eigenvalue weighted by molar-refractivity contribution is -0.115. The minimum absolute atomic E-state index is 0.0203. The van der Waals surface area contributed by atoms with E-state index >= 15 is 0 Å². The molecule has 6 heteroatoms. The summed E-state index contributed by atoms with van der Waals surface area (Å²) in [5, 5.41) is 13.9. The number of nitrogens with zero attached hydrogens (tertiary/aromatic N) is 2. The molecule has 0 spiro atoms. The van der Waals surface area contributed by atoms with Crippen molar-refractivity contribution in [2.45, 2.75) is 13.3 Å². The number of ketones is 1. The zero-order valence-electron chi connectivity index (χ0n) is 14.3. The molecule has 0 saturated carbocycles. The first-order chi connectivity index (χ1) is 12.6. The molecule has 1 amide bonds. The second-order valence-corrected chi connectivity index (χ2v) is 5.77. The van der Waals surface area contributed by atoms with Crippen LogP contribution < -0.4 is 10.6 Å². The van der Waals surface area contributed by atoms with Crippen LogP contribution in [0.1, 0.15) is 22.8 Å². The molecular weight excluding hydrogens is 328 g/mol. The van der Waals surface area contributed by atoms with Crippen molar-refractivity contribution >= 4 is 29.0 Å². The van der Waals surface area contributed by atoms with Gasteiger partial charge in [0.1, 0.15) is 0 Å². The molecule has 0 aliphatic heterocycles. The van der Waals surface area contributed by atoms with Crippen molar-refractivity contribution in [2.75, 3.05) is 10.6 Å². The van der Waals surface area contributed by atoms with Gasteiger partial charge in [-0.25, -0.2) is 0 Å². The third kappa shape index (κ3) is 4.73. The van der Waals surface area contributed by atoms with Crippen molar-refractivity contribution < 1.29 is 9.59 Å². The van der Waals surface area contributed by atoms with Crippen LogP contribution in [0.4, 0.5) is 17.3 Å². The molecule has 2 aromatic carbocycles. The van der Waals surface area contributed by atoms with Gasteiger partial charge in [-0.2, -0.15) is 0 Å². The average Bonchev–Trinajstić information content (AvgIpc) is 2.64. The fraction of sp³-hybridized carbons (Fsp3) is 0.100. The lowest BCUT2D eigenvalue weighted by Crippen LogP contribution is -2.15. The van der Waals surface area contributed by atoms with Gasteiger partial charge in [-0.3, -0.25) is 9.59 Å². The Balaban J connectivity index is 1.57. The number of aromatic nitrogens is 2. The number of carbonyl (C=O) groups excluding carboxylic acids is 2. The number of rotatable bonds is 6. The van der Waals surface area contributed by atoms with E-state index in [1.807, 2.05) is 30.3 Å². The van der Waals surface area contributed by atoms with Crippen molar-refractivity contribution in [3.05, 3.63) is 77.9 Å². The molecule has 3 rings (SSSR count). The van der Waals surface area contributed by atoms with Gasteiger partial charge in [-0.05, 0) is 48.9 Å². The summed E-state index contributed by atoms with van der Waals surface area (Å²) in [5.74, 6) is 0.808. The Hall–Kier alpha value is -3.54. The molecule has 0 bridgehead atoms. The van der Waals surface area contributed by atoms with E-state index in [1.54, 1.807) is 36.4 Å². The second kappa shape index (κ2) is 8.02. The van der Waals surface area contributed by atoms with E-state index in [0.717, 1.165) is 11.3 Å². The van der Waals surface area contributed by atoms with Gasteiger partial charge in [0, 0.05) is 11.3 Å². The molecule has 0 radical (unpaired) electrons. The minimum Gasteiger partial charge on any atom is -0.339 e. The summed E-state index contributed by atoms with van der Waals surface area (Å²) in [5.41, 5.74) is 2.38. The van der Waals surface area contributed by atoms with Gasteiger partial charge in [0.05, 0.1) is 6.42 Å². The van der Waals surface area contributed by atoms with E-state index in [4.69, 9.17) is 0 Å². The Kier molecular flexibility index (Phi) is 5.34. The van der Waals surface area contributed by atoms with Crippen molar-refractivity contribution in [1.82, 2.24) is 10.2 Å². The van der Waals surface area contributed by atoms with Gasteiger partial charge < -0.3 is 10.6 Å². The number of hydrogen-bond acceptors (Lipinski definition) is 5. The highest BCUT2D eigenvalue weighted by Gasteiger charge is 2.06. The number of nitrogens with one attached hydrogen (secondary N) is 2. The molecule has 2 N–H and O–H groups in total. The molecule has 0 atom stereocenters. The zero-order valence-corrected chi connectivity index (χ0v) is 14.3. The van der Waals surface area contributed by atoms with Crippen LogP contribution in [-0.2, 0) is 11.2 Å². The Morgan fingerprint density at radius 3 is 2.12 bits per heavy atom. The fourth-order valence-corrected chi connectivity index (χ4v) is 2.37. The third-order valence-electron chi connectivity index (χ3n) is 3.70. The SMILES string of the molecule is CC(=O)c1ccc(Nc2ccc(NC(=O)Cc3ccccc3)nn2)cc1. The summed E-state index contributed by atoms with van der Waals surface area (Å²) >= 11 is 0. The van der Waals surface area contributed by atoms with Crippen LogP contribution in [0.5, 0.6) is 0 Å². The first-order valence-electron chi connectivity index (χ1n) is 8.16. The quantitative estimate of drug-likeness (QED) is 0.666. The highest BCUT2D eigenvalue weighted by Crippen LogP contribution is 2.16. The van der Waals surface area contributed by atoms with E-state index in [9.17, 15) is 9.59 Å². The largest absolute Gasteiger partial charge is 0.339 e. The molecule has 130 valence electrons. The Morgan fingerprint density at radius 2 is 1.50 bits per heavy atom. The van der Waals surface area contributed by atoms with Gasteiger partial charge >= 0.3 is 0 Å². The molecule has 0 saturated heterocycles. The molecule has 6 nitrogen and oxygen atoms in total. The predicted molar refractivity (Wildman–Crippen MR) is 101 cm³/mol. The molecule has 1 aromatic heterocycles. The number of hydrogen-bond donors (Lipinski definition) is 2. The molecule has 3 aromatic rings. The Morgan fingerprint density at radius 1 is 0.846 bits per heavy atom. The maximum Gasteiger partial charge on any atom is 0.229 e. The number of amides is 1. The normalized spacial score (nSPS) is 10.2. The van der Waals surface area contributed by atoms with Crippen molar-refractivity contribution in [3.8, 4) is 0 Å². The second-order valence-electron chi connectivity index (χ2n) is 5.77. The summed E-state index contributed by atoms with van der Waals surface area (Å²) in [4.78, 5) is 23.3. The van der Waals surface area contributed by atoms with Gasteiger partial charge in [0.15, 0.2) is 17.4 Å². The highest BCUT2D eigenvalue weighted by atomic mass is 16.1. The molecule has 26 heavy (non-hydrogen) atoms. The van der Waals surface area contributed by atoms with Gasteiger partial charge in [0.2, 0.25) is 5.91 Å². The molecule has 0 aliphatic carbocycles. The topological polar surface area (TPSA) is 84.0 Å². The standard InChI is InChI=1S/C20H18N4O2/c1-14(25)16-7-9-17(10-8-16)21-18-11-12-19(24-23-18)22-20(26)13-15-5-3-2-4-6-15/h2-12H,13H2,1H3,(H,21,23)(H,22,24,26). The van der Waals surface area contributed by atoms with Gasteiger partial charge in [-0.15, -0.1) is 10.2 Å². The smallest absolute Gasteiger partial charge is 0.229 e. The Labute approximate surface area is 151 Å². The number of carbonyl (C=O) groups is 2. The van der Waals surface area contributed by atoms with Gasteiger partial charge in [-0.1, -0.05) is 30.3 Å². The summed E-state index contributed by atoms with van der Waals surface area (Å²) in [6, 6.07) is 20.0. The van der Waals surface area contributed by atoms with Crippen LogP contribution in [-0.4, -0.2) is 21.9 Å². The number of benzene rings is 2. The highest BCUT2D eigenvalue weighted by molar-refractivity contribution is 5.94. The number of anilines is 3. The number of Topliss-reactive ketones (excluding diaryl/α,β-unsaturated/α-hetero) is 1. The summed E-state index contributed by atoms with van der Waals surface area (Å²) in [6.07, 6.45) is 0.283. The monoisotopic (exact) mass is 346 g/mol. The van der Waals surface area contributed by atoms with E-state index < -0.39 is 0 Å². The molecule has 0 fully saturated rings. The van der Waals surface area contributed by atoms with Crippen molar-refractivity contribution in [2.24, 2.45) is 0 Å². The molecule has 0 unspecified atom stereocenters. The first-order valence-corrected chi connectivity index (χ1v) is 8.16. The zero-order chi connectivity index (χ0) is 18.4. The van der Waals surface area contributed by atoms with E-state index in [-0.39, 0.29) is 18.1 Å². The minimum atomic E-state index is -0.147. The third-order valence-corrected chi connectivity index (χ3v) is 3.70. The van der Waals surface area contributed by atoms with Crippen LogP contribution in [0.25, 0.3) is 0 Å². The maximum absolute atomic E-state index is 12.0. The van der Waals surface area contributed by atoms with Crippen LogP contribution in [0.2, 0.25) is 0 Å². The van der Waals surface area contributed by atoms with E-state index in [2.05, 4.69) is 20.8 Å². The lowest BCUT2D eigenvalue weighted by atomic mass is 10.1. The van der Waals surface area contributed by atoms with E-state index in [1.165, 1.54) is 6.92 Å². The maximum atomic E-state index is 12.0. The summed E-state index contributed by atoms with van der Waals surface area (Å²) < 4.78 is 0. The average molecular weight is 346 g/mol. The van der Waals surface area contributed by atoms with Crippen molar-refractivity contribution in [3.63, 3.8) is 0 Å². The lowest BCUT2D eigenvalue weighted by Gasteiger charge is -2.07. The van der Waals surface area contributed by atoms with Gasteiger partial charge in [0.25, 0.3) is 0 Å². The predicted octanol–water partition coefficient (Wildman–Crippen LogP) is 3.60. The molecule has 1 heterocycles. The van der Waals surface area contributed by atoms with Crippen LogP contribution >= 0.6 is 0 Å². The van der Waals surface area contributed by atoms with Crippen molar-refractivity contribution in [1.29, 1.82) is 0 Å². The summed E-state index contributed by atoms with van der Waals surface area (Å²) in [6.45, 7) is 1.53. The molecule has 0 aliphatic rings. The molecular formula is C20H18N4O2. The van der Waals surface area contributed by atoms with Crippen LogP contribution in [0.3, 0.4) is 0 Å². The van der Waals surface area contributed by atoms with Crippen LogP contribution in [0.15, 0.2) is 66.7 Å². The Bertz CT molecular complexity index is 891. The fourth-order valence-electron chi connectivity index (χ4n) is 2.37. The summed E-state index contributed by atoms with van der Waals surface area (Å²) in [7, 11) is 0. The van der Waals surface area contributed by atoms with Crippen LogP contribution in [0, 0.1) is 0 Å². The first kappa shape index (κ1) is 17.3. The van der Waals surface area contributed by atoms with E-state index in [0.29, 0.717) is 17.2 Å².